The van der Waals surface area contributed by atoms with E-state index in [1.54, 1.807) is 19.2 Å². The van der Waals surface area contributed by atoms with Gasteiger partial charge in [-0.3, -0.25) is 0 Å². The van der Waals surface area contributed by atoms with Crippen LogP contribution in [0.2, 0.25) is 0 Å². The molecule has 106 valence electrons. The molecule has 6 nitrogen and oxygen atoms in total. The fourth-order valence-electron chi connectivity index (χ4n) is 1.99. The lowest BCUT2D eigenvalue weighted by molar-refractivity contribution is -0.138. The molecule has 0 saturated carbocycles. The molecule has 0 fully saturated rings. The third-order valence-electron chi connectivity index (χ3n) is 3.03. The number of benzene rings is 1. The number of carboxylic acids is 1. The van der Waals surface area contributed by atoms with Crippen LogP contribution in [0, 0.1) is 0 Å². The lowest BCUT2D eigenvalue weighted by atomic mass is 10.1. The van der Waals surface area contributed by atoms with Crippen LogP contribution in [-0.2, 0) is 4.79 Å². The number of aliphatic carboxylic acids is 1. The van der Waals surface area contributed by atoms with Crippen LogP contribution in [0.3, 0.4) is 0 Å². The maximum atomic E-state index is 11.2. The van der Waals surface area contributed by atoms with Crippen LogP contribution < -0.4 is 10.1 Å². The summed E-state index contributed by atoms with van der Waals surface area (Å²) in [4.78, 5) is 19.5. The number of aromatic nitrogens is 2. The summed E-state index contributed by atoms with van der Waals surface area (Å²) in [5, 5.41) is 12.9. The van der Waals surface area contributed by atoms with Gasteiger partial charge in [-0.05, 0) is 18.6 Å². The SMILES string of the molecule is CCCC(Nc1ncnc2cc(OC)ccc12)C(=O)O. The van der Waals surface area contributed by atoms with Gasteiger partial charge in [0.25, 0.3) is 0 Å². The Labute approximate surface area is 116 Å². The first kappa shape index (κ1) is 14.0. The van der Waals surface area contributed by atoms with E-state index in [0.717, 1.165) is 11.8 Å². The largest absolute Gasteiger partial charge is 0.497 e. The number of fused-ring (bicyclic) bond motifs is 1. The number of carboxylic acid groups (broad SMARTS) is 1. The fraction of sp³-hybridized carbons (Fsp3) is 0.357. The van der Waals surface area contributed by atoms with Gasteiger partial charge in [-0.25, -0.2) is 14.8 Å². The van der Waals surface area contributed by atoms with Gasteiger partial charge in [0.1, 0.15) is 23.9 Å². The molecule has 0 aliphatic heterocycles. The second-order valence-corrected chi connectivity index (χ2v) is 4.43. The molecule has 0 saturated heterocycles. The topological polar surface area (TPSA) is 84.3 Å². The van der Waals surface area contributed by atoms with Crippen LogP contribution in [0.25, 0.3) is 10.9 Å². The number of nitrogens with zero attached hydrogens (tertiary/aromatic N) is 2. The minimum Gasteiger partial charge on any atom is -0.497 e. The third-order valence-corrected chi connectivity index (χ3v) is 3.03. The second kappa shape index (κ2) is 6.18. The molecule has 0 aliphatic carbocycles. The zero-order valence-corrected chi connectivity index (χ0v) is 11.5. The molecule has 6 heteroatoms. The van der Waals surface area contributed by atoms with E-state index >= 15 is 0 Å². The van der Waals surface area contributed by atoms with E-state index in [1.807, 2.05) is 13.0 Å². The zero-order chi connectivity index (χ0) is 14.5. The number of hydrogen-bond acceptors (Lipinski definition) is 5. The summed E-state index contributed by atoms with van der Waals surface area (Å²) in [5.74, 6) is 0.344. The molecule has 1 atom stereocenters. The van der Waals surface area contributed by atoms with Gasteiger partial charge in [0.2, 0.25) is 0 Å². The molecule has 0 radical (unpaired) electrons. The Morgan fingerprint density at radius 2 is 2.25 bits per heavy atom. The molecule has 0 amide bonds. The van der Waals surface area contributed by atoms with Crippen molar-refractivity contribution in [2.24, 2.45) is 0 Å². The highest BCUT2D eigenvalue weighted by atomic mass is 16.5. The van der Waals surface area contributed by atoms with Crippen molar-refractivity contribution < 1.29 is 14.6 Å². The van der Waals surface area contributed by atoms with Crippen LogP contribution >= 0.6 is 0 Å². The monoisotopic (exact) mass is 275 g/mol. The predicted molar refractivity (Wildman–Crippen MR) is 76.0 cm³/mol. The lowest BCUT2D eigenvalue weighted by Crippen LogP contribution is -2.29. The van der Waals surface area contributed by atoms with Crippen molar-refractivity contribution in [1.82, 2.24) is 9.97 Å². The van der Waals surface area contributed by atoms with E-state index in [1.165, 1.54) is 6.33 Å². The summed E-state index contributed by atoms with van der Waals surface area (Å²) in [6.07, 6.45) is 2.73. The zero-order valence-electron chi connectivity index (χ0n) is 11.5. The van der Waals surface area contributed by atoms with Crippen molar-refractivity contribution in [3.05, 3.63) is 24.5 Å². The van der Waals surface area contributed by atoms with Gasteiger partial charge in [0, 0.05) is 11.5 Å². The van der Waals surface area contributed by atoms with E-state index in [-0.39, 0.29) is 0 Å². The molecule has 1 heterocycles. The molecule has 2 rings (SSSR count). The number of carbonyl (C=O) groups is 1. The minimum atomic E-state index is -0.882. The average molecular weight is 275 g/mol. The Morgan fingerprint density at radius 1 is 1.45 bits per heavy atom. The number of nitrogens with one attached hydrogen (secondary N) is 1. The van der Waals surface area contributed by atoms with Gasteiger partial charge >= 0.3 is 5.97 Å². The first-order chi connectivity index (χ1) is 9.65. The van der Waals surface area contributed by atoms with Crippen molar-refractivity contribution in [2.75, 3.05) is 12.4 Å². The highest BCUT2D eigenvalue weighted by Gasteiger charge is 2.17. The van der Waals surface area contributed by atoms with Gasteiger partial charge in [-0.1, -0.05) is 13.3 Å². The second-order valence-electron chi connectivity index (χ2n) is 4.43. The Morgan fingerprint density at radius 3 is 2.90 bits per heavy atom. The van der Waals surface area contributed by atoms with E-state index < -0.39 is 12.0 Å². The highest BCUT2D eigenvalue weighted by molar-refractivity contribution is 5.91. The molecule has 20 heavy (non-hydrogen) atoms. The van der Waals surface area contributed by atoms with Crippen molar-refractivity contribution in [3.63, 3.8) is 0 Å². The molecule has 0 aliphatic rings. The molecule has 0 spiro atoms. The molecule has 0 bridgehead atoms. The van der Waals surface area contributed by atoms with Gasteiger partial charge in [0.15, 0.2) is 0 Å². The smallest absolute Gasteiger partial charge is 0.326 e. The van der Waals surface area contributed by atoms with Gasteiger partial charge < -0.3 is 15.2 Å². The van der Waals surface area contributed by atoms with E-state index in [4.69, 9.17) is 4.74 Å². The summed E-state index contributed by atoms with van der Waals surface area (Å²) < 4.78 is 5.15. The van der Waals surface area contributed by atoms with Crippen LogP contribution in [-0.4, -0.2) is 34.2 Å². The fourth-order valence-corrected chi connectivity index (χ4v) is 1.99. The molecule has 1 aromatic heterocycles. The number of hydrogen-bond donors (Lipinski definition) is 2. The van der Waals surface area contributed by atoms with E-state index in [9.17, 15) is 9.90 Å². The Kier molecular flexibility index (Phi) is 4.34. The summed E-state index contributed by atoms with van der Waals surface area (Å²) >= 11 is 0. The van der Waals surface area contributed by atoms with Crippen molar-refractivity contribution in [3.8, 4) is 5.75 Å². The standard InChI is InChI=1S/C14H17N3O3/c1-3-4-11(14(18)19)17-13-10-6-5-9(20-2)7-12(10)15-8-16-13/h5-8,11H,3-4H2,1-2H3,(H,18,19)(H,15,16,17). The van der Waals surface area contributed by atoms with Crippen molar-refractivity contribution in [2.45, 2.75) is 25.8 Å². The summed E-state index contributed by atoms with van der Waals surface area (Å²) in [6.45, 7) is 1.95. The Balaban J connectivity index is 2.36. The minimum absolute atomic E-state index is 0.526. The van der Waals surface area contributed by atoms with E-state index in [0.29, 0.717) is 23.5 Å². The maximum absolute atomic E-state index is 11.2. The normalized spacial score (nSPS) is 12.1. The third kappa shape index (κ3) is 2.96. The molecule has 2 aromatic rings. The van der Waals surface area contributed by atoms with Crippen molar-refractivity contribution >= 4 is 22.7 Å². The first-order valence-electron chi connectivity index (χ1n) is 6.43. The Bertz CT molecular complexity index is 616. The van der Waals surface area contributed by atoms with Crippen LogP contribution in [0.5, 0.6) is 5.75 Å². The van der Waals surface area contributed by atoms with E-state index in [2.05, 4.69) is 15.3 Å². The van der Waals surface area contributed by atoms with Gasteiger partial charge in [-0.2, -0.15) is 0 Å². The number of rotatable bonds is 6. The van der Waals surface area contributed by atoms with Gasteiger partial charge in [0.05, 0.1) is 12.6 Å². The summed E-state index contributed by atoms with van der Waals surface area (Å²) in [5.41, 5.74) is 0.711. The maximum Gasteiger partial charge on any atom is 0.326 e. The van der Waals surface area contributed by atoms with Gasteiger partial charge in [-0.15, -0.1) is 0 Å². The number of methoxy groups -OCH3 is 1. The quantitative estimate of drug-likeness (QED) is 0.841. The van der Waals surface area contributed by atoms with Crippen LogP contribution in [0.15, 0.2) is 24.5 Å². The Hall–Kier alpha value is -2.37. The average Bonchev–Trinajstić information content (AvgIpc) is 2.46. The molecule has 1 unspecified atom stereocenters. The first-order valence-corrected chi connectivity index (χ1v) is 6.43. The summed E-state index contributed by atoms with van der Waals surface area (Å²) in [6, 6.07) is 4.76. The van der Waals surface area contributed by atoms with Crippen molar-refractivity contribution in [1.29, 1.82) is 0 Å². The summed E-state index contributed by atoms with van der Waals surface area (Å²) in [7, 11) is 1.59. The molecule has 2 N–H and O–H groups in total. The molecular weight excluding hydrogens is 258 g/mol. The lowest BCUT2D eigenvalue weighted by Gasteiger charge is -2.15. The molecular formula is C14H17N3O3. The predicted octanol–water partition coefficient (Wildman–Crippen LogP) is 2.30. The molecule has 1 aromatic carbocycles. The van der Waals surface area contributed by atoms with Crippen LogP contribution in [0.1, 0.15) is 19.8 Å². The van der Waals surface area contributed by atoms with Crippen LogP contribution in [0.4, 0.5) is 5.82 Å². The highest BCUT2D eigenvalue weighted by Crippen LogP contribution is 2.24. The number of anilines is 1. The number of ether oxygens (including phenoxy) is 1.